The van der Waals surface area contributed by atoms with Crippen LogP contribution < -0.4 is 0 Å². The summed E-state index contributed by atoms with van der Waals surface area (Å²) in [4.78, 5) is 0.185. The average Bonchev–Trinajstić information content (AvgIpc) is 2.43. The molecule has 0 atom stereocenters. The Hall–Kier alpha value is -0.160. The molecule has 0 heterocycles. The van der Waals surface area contributed by atoms with Crippen molar-refractivity contribution in [2.45, 2.75) is 4.90 Å². The van der Waals surface area contributed by atoms with E-state index in [1.54, 1.807) is 12.1 Å². The van der Waals surface area contributed by atoms with Crippen molar-refractivity contribution in [2.75, 3.05) is 6.26 Å². The molecule has 0 saturated carbocycles. The summed E-state index contributed by atoms with van der Waals surface area (Å²) in [6.07, 6.45) is 1.12. The maximum atomic E-state index is 11.5. The molecule has 2 aromatic rings. The number of benzene rings is 2. The summed E-state index contributed by atoms with van der Waals surface area (Å²) in [5.74, 6) is 0. The molecule has 8 heteroatoms. The maximum absolute atomic E-state index is 11.5. The van der Waals surface area contributed by atoms with Gasteiger partial charge >= 0.3 is 0 Å². The average molecular weight is 405 g/mol. The highest BCUT2D eigenvalue weighted by molar-refractivity contribution is 7.90. The summed E-state index contributed by atoms with van der Waals surface area (Å²) in [5, 5.41) is 0.570. The van der Waals surface area contributed by atoms with Crippen molar-refractivity contribution in [2.24, 2.45) is 0 Å². The molecule has 0 bridgehead atoms. The Balaban J connectivity index is 2.68. The highest BCUT2D eigenvalue weighted by Crippen LogP contribution is 2.48. The van der Waals surface area contributed by atoms with Gasteiger partial charge in [0.25, 0.3) is 0 Å². The van der Waals surface area contributed by atoms with Gasteiger partial charge in [-0.25, -0.2) is 8.42 Å². The molecule has 0 aliphatic heterocycles. The number of hydrogen-bond donors (Lipinski definition) is 0. The van der Waals surface area contributed by atoms with Gasteiger partial charge in [0.2, 0.25) is 0 Å². The predicted octanol–water partition coefficient (Wildman–Crippen LogP) is 6.02. The van der Waals surface area contributed by atoms with E-state index in [2.05, 4.69) is 0 Å². The van der Waals surface area contributed by atoms with Crippen LogP contribution in [0.2, 0.25) is 25.1 Å². The highest BCUT2D eigenvalue weighted by atomic mass is 35.5. The van der Waals surface area contributed by atoms with Gasteiger partial charge in [0.05, 0.1) is 30.0 Å². The van der Waals surface area contributed by atoms with Crippen LogP contribution in [0.5, 0.6) is 0 Å². The van der Waals surface area contributed by atoms with E-state index in [0.717, 1.165) is 6.26 Å². The molecule has 2 aromatic carbocycles. The number of hydrogen-bond acceptors (Lipinski definition) is 2. The van der Waals surface area contributed by atoms with Crippen molar-refractivity contribution < 1.29 is 8.42 Å². The SMILES string of the molecule is CS(=O)(=O)c1ccc(-c2c(Cl)c(Cl)c(Cl)c(Cl)c2Cl)cc1. The van der Waals surface area contributed by atoms with Gasteiger partial charge in [-0.2, -0.15) is 0 Å². The molecule has 2 rings (SSSR count). The van der Waals surface area contributed by atoms with Crippen LogP contribution in [-0.4, -0.2) is 14.7 Å². The van der Waals surface area contributed by atoms with E-state index in [1.807, 2.05) is 0 Å². The fraction of sp³-hybridized carbons (Fsp3) is 0.0769. The van der Waals surface area contributed by atoms with Crippen LogP contribution in [0.3, 0.4) is 0 Å². The van der Waals surface area contributed by atoms with E-state index in [4.69, 9.17) is 58.0 Å². The molecule has 2 nitrogen and oxygen atoms in total. The summed E-state index contributed by atoms with van der Waals surface area (Å²) < 4.78 is 22.9. The second-order valence-electron chi connectivity index (χ2n) is 4.24. The van der Waals surface area contributed by atoms with Crippen LogP contribution >= 0.6 is 58.0 Å². The van der Waals surface area contributed by atoms with Gasteiger partial charge in [0.15, 0.2) is 9.84 Å². The molecular weight excluding hydrogens is 397 g/mol. The standard InChI is InChI=1S/C13H7Cl5O2S/c1-21(19,20)7-4-2-6(3-5-7)8-9(14)11(16)13(18)12(17)10(8)15/h2-5H,1H3. The highest BCUT2D eigenvalue weighted by Gasteiger charge is 2.20. The zero-order chi connectivity index (χ0) is 15.9. The third-order valence-corrected chi connectivity index (χ3v) is 6.19. The molecular formula is C13H7Cl5O2S. The minimum Gasteiger partial charge on any atom is -0.224 e. The maximum Gasteiger partial charge on any atom is 0.175 e. The molecule has 0 saturated heterocycles. The zero-order valence-corrected chi connectivity index (χ0v) is 15.0. The molecule has 21 heavy (non-hydrogen) atoms. The quantitative estimate of drug-likeness (QED) is 0.453. The lowest BCUT2D eigenvalue weighted by Gasteiger charge is -2.13. The first-order chi connectivity index (χ1) is 9.64. The van der Waals surface area contributed by atoms with E-state index < -0.39 is 9.84 Å². The molecule has 0 unspecified atom stereocenters. The number of rotatable bonds is 2. The normalized spacial score (nSPS) is 11.7. The first-order valence-corrected chi connectivity index (χ1v) is 9.24. The summed E-state index contributed by atoms with van der Waals surface area (Å²) in [6.45, 7) is 0. The lowest BCUT2D eigenvalue weighted by atomic mass is 10.1. The summed E-state index contributed by atoms with van der Waals surface area (Å²) in [6, 6.07) is 6.05. The van der Waals surface area contributed by atoms with Gasteiger partial charge < -0.3 is 0 Å². The third kappa shape index (κ3) is 3.29. The Kier molecular flexibility index (Phi) is 5.04. The summed E-state index contributed by atoms with van der Waals surface area (Å²) in [7, 11) is -3.28. The molecule has 0 amide bonds. The smallest absolute Gasteiger partial charge is 0.175 e. The Morgan fingerprint density at radius 1 is 0.714 bits per heavy atom. The van der Waals surface area contributed by atoms with Gasteiger partial charge in [-0.3, -0.25) is 0 Å². The van der Waals surface area contributed by atoms with Crippen molar-refractivity contribution in [3.05, 3.63) is 49.4 Å². The zero-order valence-electron chi connectivity index (χ0n) is 10.4. The number of halogens is 5. The van der Waals surface area contributed by atoms with Crippen molar-refractivity contribution in [1.82, 2.24) is 0 Å². The Morgan fingerprint density at radius 3 is 1.48 bits per heavy atom. The molecule has 0 aromatic heterocycles. The summed E-state index contributed by atoms with van der Waals surface area (Å²) >= 11 is 30.3. The van der Waals surface area contributed by atoms with Gasteiger partial charge in [-0.1, -0.05) is 70.1 Å². The van der Waals surface area contributed by atoms with E-state index in [-0.39, 0.29) is 30.0 Å². The largest absolute Gasteiger partial charge is 0.224 e. The van der Waals surface area contributed by atoms with Crippen LogP contribution in [0.1, 0.15) is 0 Å². The topological polar surface area (TPSA) is 34.1 Å². The van der Waals surface area contributed by atoms with Crippen LogP contribution in [-0.2, 0) is 9.84 Å². The summed E-state index contributed by atoms with van der Waals surface area (Å²) in [5.41, 5.74) is 0.982. The molecule has 0 fully saturated rings. The van der Waals surface area contributed by atoms with Gasteiger partial charge in [-0.05, 0) is 17.7 Å². The molecule has 0 aliphatic rings. The molecule has 0 radical (unpaired) electrons. The van der Waals surface area contributed by atoms with Crippen LogP contribution in [0.4, 0.5) is 0 Å². The monoisotopic (exact) mass is 402 g/mol. The van der Waals surface area contributed by atoms with Gasteiger partial charge in [0, 0.05) is 11.8 Å². The molecule has 0 aliphatic carbocycles. The van der Waals surface area contributed by atoms with Gasteiger partial charge in [-0.15, -0.1) is 0 Å². The fourth-order valence-electron chi connectivity index (χ4n) is 1.73. The van der Waals surface area contributed by atoms with Crippen molar-refractivity contribution in [3.63, 3.8) is 0 Å². The fourth-order valence-corrected chi connectivity index (χ4v) is 3.71. The lowest BCUT2D eigenvalue weighted by Crippen LogP contribution is -1.96. The molecule has 0 spiro atoms. The molecule has 0 N–H and O–H groups in total. The van der Waals surface area contributed by atoms with E-state index in [0.29, 0.717) is 11.1 Å². The van der Waals surface area contributed by atoms with Crippen LogP contribution in [0.15, 0.2) is 29.2 Å². The molecule has 112 valence electrons. The lowest BCUT2D eigenvalue weighted by molar-refractivity contribution is 0.602. The second-order valence-corrected chi connectivity index (χ2v) is 8.15. The van der Waals surface area contributed by atoms with E-state index >= 15 is 0 Å². The first-order valence-electron chi connectivity index (χ1n) is 5.46. The first kappa shape index (κ1) is 17.2. The Bertz CT molecular complexity index is 784. The van der Waals surface area contributed by atoms with E-state index in [1.165, 1.54) is 12.1 Å². The predicted molar refractivity (Wildman–Crippen MR) is 90.0 cm³/mol. The third-order valence-electron chi connectivity index (χ3n) is 2.78. The van der Waals surface area contributed by atoms with Crippen LogP contribution in [0, 0.1) is 0 Å². The minimum atomic E-state index is -3.28. The minimum absolute atomic E-state index is 0.0739. The number of sulfone groups is 1. The van der Waals surface area contributed by atoms with E-state index in [9.17, 15) is 8.42 Å². The van der Waals surface area contributed by atoms with Crippen molar-refractivity contribution >= 4 is 67.8 Å². The Morgan fingerprint density at radius 2 is 1.10 bits per heavy atom. The second kappa shape index (κ2) is 6.15. The van der Waals surface area contributed by atoms with Gasteiger partial charge in [0.1, 0.15) is 0 Å². The van der Waals surface area contributed by atoms with Crippen molar-refractivity contribution in [1.29, 1.82) is 0 Å². The Labute approximate surface area is 147 Å². The van der Waals surface area contributed by atoms with Crippen LogP contribution in [0.25, 0.3) is 11.1 Å². The van der Waals surface area contributed by atoms with Crippen molar-refractivity contribution in [3.8, 4) is 11.1 Å².